The van der Waals surface area contributed by atoms with Crippen LogP contribution in [0.15, 0.2) is 70.4 Å². The molecule has 0 radical (unpaired) electrons. The normalized spacial score (nSPS) is 14.5. The van der Waals surface area contributed by atoms with Crippen LogP contribution >= 0.6 is 11.8 Å². The Hall–Kier alpha value is -3.12. The van der Waals surface area contributed by atoms with Gasteiger partial charge < -0.3 is 4.42 Å². The summed E-state index contributed by atoms with van der Waals surface area (Å²) in [5.41, 5.74) is 5.80. The molecule has 2 heterocycles. The Labute approximate surface area is 184 Å². The van der Waals surface area contributed by atoms with Crippen LogP contribution in [0.2, 0.25) is 0 Å². The number of benzene rings is 2. The molecule has 5 nitrogen and oxygen atoms in total. The van der Waals surface area contributed by atoms with Gasteiger partial charge in [0, 0.05) is 11.5 Å². The number of fused-ring (bicyclic) bond motifs is 3. The topological polar surface area (TPSA) is 60.9 Å². The van der Waals surface area contributed by atoms with Gasteiger partial charge in [0.15, 0.2) is 10.9 Å². The lowest BCUT2D eigenvalue weighted by molar-refractivity contribution is 0.102. The first-order valence-electron chi connectivity index (χ1n) is 10.6. The van der Waals surface area contributed by atoms with Gasteiger partial charge in [0.25, 0.3) is 0 Å². The van der Waals surface area contributed by atoms with Crippen LogP contribution in [-0.2, 0) is 13.0 Å². The monoisotopic (exact) mass is 427 g/mol. The van der Waals surface area contributed by atoms with Crippen LogP contribution in [0, 0.1) is 0 Å². The average Bonchev–Trinajstić information content (AvgIpc) is 3.20. The Morgan fingerprint density at radius 3 is 2.74 bits per heavy atom. The van der Waals surface area contributed by atoms with Gasteiger partial charge in [-0.3, -0.25) is 9.36 Å². The van der Waals surface area contributed by atoms with E-state index in [1.165, 1.54) is 34.0 Å². The number of carbonyl (C=O) groups excluding carboxylic acids is 1. The van der Waals surface area contributed by atoms with Crippen molar-refractivity contribution < 1.29 is 9.21 Å². The molecule has 0 N–H and O–H groups in total. The summed E-state index contributed by atoms with van der Waals surface area (Å²) in [6, 6.07) is 18.4. The fourth-order valence-corrected chi connectivity index (χ4v) is 5.11. The van der Waals surface area contributed by atoms with Crippen LogP contribution in [0.25, 0.3) is 11.1 Å². The minimum Gasteiger partial charge on any atom is -0.467 e. The van der Waals surface area contributed by atoms with Gasteiger partial charge in [-0.25, -0.2) is 0 Å². The van der Waals surface area contributed by atoms with Gasteiger partial charge >= 0.3 is 0 Å². The number of Topliss-reactive ketones (excluding diaryl/α,β-unsaturated/α-hetero) is 1. The molecule has 0 unspecified atom stereocenters. The molecule has 1 saturated carbocycles. The van der Waals surface area contributed by atoms with Gasteiger partial charge in [0.1, 0.15) is 11.6 Å². The molecule has 154 valence electrons. The molecule has 1 fully saturated rings. The smallest absolute Gasteiger partial charge is 0.192 e. The maximum atomic E-state index is 13.0. The number of hydrogen-bond acceptors (Lipinski definition) is 5. The zero-order chi connectivity index (χ0) is 20.8. The summed E-state index contributed by atoms with van der Waals surface area (Å²) in [5.74, 6) is 2.79. The molecule has 6 rings (SSSR count). The summed E-state index contributed by atoms with van der Waals surface area (Å²) in [6.45, 7) is 0.595. The highest BCUT2D eigenvalue weighted by atomic mass is 32.2. The predicted octanol–water partition coefficient (Wildman–Crippen LogP) is 5.34. The molecule has 0 bridgehead atoms. The van der Waals surface area contributed by atoms with Gasteiger partial charge in [-0.15, -0.1) is 10.2 Å². The number of rotatable bonds is 7. The lowest BCUT2D eigenvalue weighted by Gasteiger charge is -2.08. The molecule has 2 aromatic carbocycles. The summed E-state index contributed by atoms with van der Waals surface area (Å²) >= 11 is 1.45. The fourth-order valence-electron chi connectivity index (χ4n) is 4.27. The lowest BCUT2D eigenvalue weighted by Crippen LogP contribution is -2.08. The van der Waals surface area contributed by atoms with Gasteiger partial charge in [-0.2, -0.15) is 0 Å². The van der Waals surface area contributed by atoms with E-state index in [0.29, 0.717) is 18.2 Å². The summed E-state index contributed by atoms with van der Waals surface area (Å²) in [7, 11) is 0. The number of aromatic nitrogens is 3. The van der Waals surface area contributed by atoms with Crippen LogP contribution in [0.5, 0.6) is 0 Å². The number of ketones is 1. The van der Waals surface area contributed by atoms with Gasteiger partial charge in [0.2, 0.25) is 0 Å². The molecule has 2 aromatic heterocycles. The zero-order valence-corrected chi connectivity index (χ0v) is 17.8. The lowest BCUT2D eigenvalue weighted by atomic mass is 10.0. The molecule has 0 atom stereocenters. The van der Waals surface area contributed by atoms with E-state index < -0.39 is 0 Å². The summed E-state index contributed by atoms with van der Waals surface area (Å²) < 4.78 is 7.64. The van der Waals surface area contributed by atoms with Crippen molar-refractivity contribution in [3.05, 3.63) is 89.1 Å². The van der Waals surface area contributed by atoms with E-state index in [1.807, 2.05) is 24.3 Å². The van der Waals surface area contributed by atoms with Gasteiger partial charge in [-0.05, 0) is 59.7 Å². The Morgan fingerprint density at radius 2 is 1.90 bits per heavy atom. The number of carbonyl (C=O) groups is 1. The van der Waals surface area contributed by atoms with E-state index in [0.717, 1.165) is 41.6 Å². The molecule has 0 amide bonds. The minimum absolute atomic E-state index is 0.109. The van der Waals surface area contributed by atoms with Crippen LogP contribution in [0.1, 0.15) is 51.8 Å². The first-order valence-corrected chi connectivity index (χ1v) is 11.6. The predicted molar refractivity (Wildman–Crippen MR) is 120 cm³/mol. The van der Waals surface area contributed by atoms with E-state index >= 15 is 0 Å². The standard InChI is InChI=1S/C25H21N3O2S/c29-23(19-10-9-18-12-17-4-1-2-6-21(17)22(18)13-19)15-31-25-27-26-24(16-7-8-16)28(25)14-20-5-3-11-30-20/h1-6,9-11,13,16H,7-8,12,14-15H2. The Balaban J connectivity index is 1.22. The molecule has 31 heavy (non-hydrogen) atoms. The first-order chi connectivity index (χ1) is 15.3. The third-order valence-electron chi connectivity index (χ3n) is 6.03. The van der Waals surface area contributed by atoms with E-state index in [4.69, 9.17) is 4.42 Å². The summed E-state index contributed by atoms with van der Waals surface area (Å²) in [4.78, 5) is 13.0. The van der Waals surface area contributed by atoms with Gasteiger partial charge in [-0.1, -0.05) is 48.2 Å². The second-order valence-electron chi connectivity index (χ2n) is 8.20. The maximum absolute atomic E-state index is 13.0. The molecule has 6 heteroatoms. The van der Waals surface area contributed by atoms with E-state index in [-0.39, 0.29) is 5.78 Å². The summed E-state index contributed by atoms with van der Waals surface area (Å²) in [5, 5.41) is 9.59. The third-order valence-corrected chi connectivity index (χ3v) is 7.00. The van der Waals surface area contributed by atoms with E-state index in [2.05, 4.69) is 45.1 Å². The largest absolute Gasteiger partial charge is 0.467 e. The molecule has 0 aliphatic heterocycles. The Kier molecular flexibility index (Phi) is 4.53. The number of furan rings is 1. The quantitative estimate of drug-likeness (QED) is 0.259. The molecule has 2 aliphatic rings. The Morgan fingerprint density at radius 1 is 1.03 bits per heavy atom. The fraction of sp³-hybridized carbons (Fsp3) is 0.240. The molecule has 2 aliphatic carbocycles. The van der Waals surface area contributed by atoms with Crippen molar-refractivity contribution in [2.45, 2.75) is 36.9 Å². The first kappa shape index (κ1) is 18.6. The molecular weight excluding hydrogens is 406 g/mol. The van der Waals surface area contributed by atoms with Crippen LogP contribution in [0.4, 0.5) is 0 Å². The molecule has 4 aromatic rings. The average molecular weight is 428 g/mol. The number of hydrogen-bond donors (Lipinski definition) is 0. The third kappa shape index (κ3) is 3.51. The van der Waals surface area contributed by atoms with E-state index in [9.17, 15) is 4.79 Å². The second kappa shape index (κ2) is 7.54. The second-order valence-corrected chi connectivity index (χ2v) is 9.14. The highest BCUT2D eigenvalue weighted by Gasteiger charge is 2.31. The van der Waals surface area contributed by atoms with Crippen molar-refractivity contribution in [1.29, 1.82) is 0 Å². The van der Waals surface area contributed by atoms with Crippen molar-refractivity contribution >= 4 is 17.5 Å². The summed E-state index contributed by atoms with van der Waals surface area (Å²) in [6.07, 6.45) is 4.92. The molecule has 0 spiro atoms. The highest BCUT2D eigenvalue weighted by molar-refractivity contribution is 7.99. The Bertz CT molecular complexity index is 1270. The van der Waals surface area contributed by atoms with E-state index in [1.54, 1.807) is 6.26 Å². The number of nitrogens with zero attached hydrogens (tertiary/aromatic N) is 3. The van der Waals surface area contributed by atoms with Crippen LogP contribution < -0.4 is 0 Å². The number of thioether (sulfide) groups is 1. The zero-order valence-electron chi connectivity index (χ0n) is 17.0. The van der Waals surface area contributed by atoms with Crippen molar-refractivity contribution in [3.8, 4) is 11.1 Å². The van der Waals surface area contributed by atoms with Crippen LogP contribution in [0.3, 0.4) is 0 Å². The van der Waals surface area contributed by atoms with Crippen molar-refractivity contribution in [2.75, 3.05) is 5.75 Å². The van der Waals surface area contributed by atoms with Crippen molar-refractivity contribution in [1.82, 2.24) is 14.8 Å². The highest BCUT2D eigenvalue weighted by Crippen LogP contribution is 2.40. The van der Waals surface area contributed by atoms with Gasteiger partial charge in [0.05, 0.1) is 18.6 Å². The van der Waals surface area contributed by atoms with Crippen molar-refractivity contribution in [2.24, 2.45) is 0 Å². The molecular formula is C25H21N3O2S. The molecule has 0 saturated heterocycles. The SMILES string of the molecule is O=C(CSc1nnc(C2CC2)n1Cc1ccco1)c1ccc2c(c1)-c1ccccc1C2. The maximum Gasteiger partial charge on any atom is 0.192 e. The van der Waals surface area contributed by atoms with Crippen LogP contribution in [-0.4, -0.2) is 26.3 Å². The van der Waals surface area contributed by atoms with Crippen molar-refractivity contribution in [3.63, 3.8) is 0 Å². The minimum atomic E-state index is 0.109.